The molecule has 1 fully saturated rings. The molecular formula is C16H26N4O. The van der Waals surface area contributed by atoms with Crippen molar-refractivity contribution in [3.05, 3.63) is 17.7 Å². The molecule has 1 heterocycles. The number of nitrogens with zero attached hydrogens (tertiary/aromatic N) is 2. The van der Waals surface area contributed by atoms with Gasteiger partial charge in [0.25, 0.3) is 5.91 Å². The molecule has 1 atom stereocenters. The Hall–Kier alpha value is -1.65. The number of carbonyl (C=O) groups is 1. The second-order valence-electron chi connectivity index (χ2n) is 6.13. The van der Waals surface area contributed by atoms with E-state index < -0.39 is 0 Å². The molecule has 2 N–H and O–H groups in total. The van der Waals surface area contributed by atoms with E-state index in [4.69, 9.17) is 0 Å². The van der Waals surface area contributed by atoms with E-state index in [1.165, 1.54) is 19.3 Å². The number of carbonyl (C=O) groups excluding carboxylic acids is 1. The van der Waals surface area contributed by atoms with Gasteiger partial charge in [-0.3, -0.25) is 4.79 Å². The van der Waals surface area contributed by atoms with Gasteiger partial charge in [-0.25, -0.2) is 9.97 Å². The molecule has 116 valence electrons. The van der Waals surface area contributed by atoms with Gasteiger partial charge >= 0.3 is 0 Å². The third-order valence-electron chi connectivity index (χ3n) is 4.12. The molecule has 1 aliphatic carbocycles. The first kappa shape index (κ1) is 15.7. The van der Waals surface area contributed by atoms with Crippen molar-refractivity contribution in [3.63, 3.8) is 0 Å². The first-order valence-electron chi connectivity index (χ1n) is 7.94. The minimum absolute atomic E-state index is 0.102. The van der Waals surface area contributed by atoms with Gasteiger partial charge in [0.1, 0.15) is 5.82 Å². The third kappa shape index (κ3) is 3.71. The summed E-state index contributed by atoms with van der Waals surface area (Å²) in [5, 5.41) is 6.26. The predicted molar refractivity (Wildman–Crippen MR) is 84.6 cm³/mol. The molecule has 0 radical (unpaired) electrons. The summed E-state index contributed by atoms with van der Waals surface area (Å²) >= 11 is 0. The molecule has 5 nitrogen and oxygen atoms in total. The molecule has 0 aliphatic heterocycles. The van der Waals surface area contributed by atoms with Gasteiger partial charge in [0.15, 0.2) is 5.69 Å². The standard InChI is InChI=1S/C16H26N4O/c1-5-17-13-9-18-15(10(2)3)20-14(13)16(21)19-11(4)12-7-6-8-12/h9-12,17H,5-8H2,1-4H3,(H,19,21). The van der Waals surface area contributed by atoms with Gasteiger partial charge < -0.3 is 10.6 Å². The van der Waals surface area contributed by atoms with Crippen LogP contribution in [0.4, 0.5) is 5.69 Å². The highest BCUT2D eigenvalue weighted by molar-refractivity contribution is 5.97. The second-order valence-corrected chi connectivity index (χ2v) is 6.13. The van der Waals surface area contributed by atoms with E-state index in [1.54, 1.807) is 6.20 Å². The number of aromatic nitrogens is 2. The Labute approximate surface area is 127 Å². The van der Waals surface area contributed by atoms with E-state index in [1.807, 2.05) is 20.8 Å². The Bertz CT molecular complexity index is 497. The van der Waals surface area contributed by atoms with Crippen LogP contribution >= 0.6 is 0 Å². The van der Waals surface area contributed by atoms with Crippen LogP contribution in [0.5, 0.6) is 0 Å². The maximum Gasteiger partial charge on any atom is 0.272 e. The molecule has 0 aromatic carbocycles. The summed E-state index contributed by atoms with van der Waals surface area (Å²) in [6.45, 7) is 8.87. The highest BCUT2D eigenvalue weighted by atomic mass is 16.2. The first-order valence-corrected chi connectivity index (χ1v) is 7.94. The van der Waals surface area contributed by atoms with Crippen LogP contribution in [0.3, 0.4) is 0 Å². The van der Waals surface area contributed by atoms with Crippen molar-refractivity contribution >= 4 is 11.6 Å². The molecule has 1 aliphatic rings. The van der Waals surface area contributed by atoms with Crippen LogP contribution < -0.4 is 10.6 Å². The number of nitrogens with one attached hydrogen (secondary N) is 2. The average molecular weight is 290 g/mol. The smallest absolute Gasteiger partial charge is 0.272 e. The Morgan fingerprint density at radius 3 is 2.62 bits per heavy atom. The summed E-state index contributed by atoms with van der Waals surface area (Å²) in [5.74, 6) is 1.42. The maximum atomic E-state index is 12.5. The lowest BCUT2D eigenvalue weighted by Gasteiger charge is -2.31. The fourth-order valence-electron chi connectivity index (χ4n) is 2.50. The topological polar surface area (TPSA) is 66.9 Å². The van der Waals surface area contributed by atoms with Crippen molar-refractivity contribution in [3.8, 4) is 0 Å². The van der Waals surface area contributed by atoms with Gasteiger partial charge in [-0.2, -0.15) is 0 Å². The van der Waals surface area contributed by atoms with Gasteiger partial charge in [-0.05, 0) is 32.6 Å². The predicted octanol–water partition coefficient (Wildman–Crippen LogP) is 2.95. The summed E-state index contributed by atoms with van der Waals surface area (Å²) in [7, 11) is 0. The largest absolute Gasteiger partial charge is 0.382 e. The van der Waals surface area contributed by atoms with E-state index >= 15 is 0 Å². The zero-order valence-electron chi connectivity index (χ0n) is 13.4. The lowest BCUT2D eigenvalue weighted by atomic mass is 9.80. The van der Waals surface area contributed by atoms with E-state index in [2.05, 4.69) is 27.5 Å². The fraction of sp³-hybridized carbons (Fsp3) is 0.688. The number of amides is 1. The van der Waals surface area contributed by atoms with Crippen LogP contribution in [0.1, 0.15) is 69.2 Å². The van der Waals surface area contributed by atoms with Crippen LogP contribution in [0.25, 0.3) is 0 Å². The summed E-state index contributed by atoms with van der Waals surface area (Å²) in [5.41, 5.74) is 1.17. The monoisotopic (exact) mass is 290 g/mol. The van der Waals surface area contributed by atoms with Crippen LogP contribution in [-0.4, -0.2) is 28.5 Å². The molecule has 5 heteroatoms. The van der Waals surface area contributed by atoms with Gasteiger partial charge in [0.05, 0.1) is 11.9 Å². The summed E-state index contributed by atoms with van der Waals surface area (Å²) < 4.78 is 0. The van der Waals surface area contributed by atoms with Crippen LogP contribution in [0, 0.1) is 5.92 Å². The molecule has 1 aromatic heterocycles. The van der Waals surface area contributed by atoms with E-state index in [9.17, 15) is 4.79 Å². The number of hydrogen-bond donors (Lipinski definition) is 2. The lowest BCUT2D eigenvalue weighted by molar-refractivity contribution is 0.0904. The van der Waals surface area contributed by atoms with Crippen molar-refractivity contribution in [2.45, 2.75) is 58.9 Å². The molecule has 1 aromatic rings. The fourth-order valence-corrected chi connectivity index (χ4v) is 2.50. The van der Waals surface area contributed by atoms with Crippen molar-refractivity contribution in [2.75, 3.05) is 11.9 Å². The average Bonchev–Trinajstić information content (AvgIpc) is 2.36. The molecule has 0 bridgehead atoms. The first-order chi connectivity index (χ1) is 10.0. The van der Waals surface area contributed by atoms with Crippen molar-refractivity contribution < 1.29 is 4.79 Å². The number of hydrogen-bond acceptors (Lipinski definition) is 4. The highest BCUT2D eigenvalue weighted by Crippen LogP contribution is 2.29. The summed E-state index contributed by atoms with van der Waals surface area (Å²) in [4.78, 5) is 21.3. The lowest BCUT2D eigenvalue weighted by Crippen LogP contribution is -2.41. The van der Waals surface area contributed by atoms with E-state index in [0.29, 0.717) is 23.1 Å². The second kappa shape index (κ2) is 6.87. The molecule has 1 amide bonds. The SMILES string of the molecule is CCNc1cnc(C(C)C)nc1C(=O)NC(C)C1CCC1. The number of anilines is 1. The molecule has 21 heavy (non-hydrogen) atoms. The van der Waals surface area contributed by atoms with Crippen molar-refractivity contribution in [1.82, 2.24) is 15.3 Å². The van der Waals surface area contributed by atoms with E-state index in [0.717, 1.165) is 6.54 Å². The minimum Gasteiger partial charge on any atom is -0.382 e. The molecule has 0 spiro atoms. The Kier molecular flexibility index (Phi) is 5.15. The van der Waals surface area contributed by atoms with Crippen molar-refractivity contribution in [2.24, 2.45) is 5.92 Å². The van der Waals surface area contributed by atoms with Gasteiger partial charge in [0, 0.05) is 18.5 Å². The zero-order valence-corrected chi connectivity index (χ0v) is 13.4. The Balaban J connectivity index is 2.17. The van der Waals surface area contributed by atoms with Gasteiger partial charge in [-0.15, -0.1) is 0 Å². The van der Waals surface area contributed by atoms with Crippen molar-refractivity contribution in [1.29, 1.82) is 0 Å². The summed E-state index contributed by atoms with van der Waals surface area (Å²) in [6.07, 6.45) is 5.42. The molecule has 1 saturated carbocycles. The van der Waals surface area contributed by atoms with E-state index in [-0.39, 0.29) is 17.9 Å². The van der Waals surface area contributed by atoms with Crippen LogP contribution in [-0.2, 0) is 0 Å². The van der Waals surface area contributed by atoms with Crippen LogP contribution in [0.2, 0.25) is 0 Å². The van der Waals surface area contributed by atoms with Gasteiger partial charge in [-0.1, -0.05) is 20.3 Å². The Morgan fingerprint density at radius 1 is 1.38 bits per heavy atom. The van der Waals surface area contributed by atoms with Crippen LogP contribution in [0.15, 0.2) is 6.20 Å². The maximum absolute atomic E-state index is 12.5. The Morgan fingerprint density at radius 2 is 2.10 bits per heavy atom. The molecule has 2 rings (SSSR count). The van der Waals surface area contributed by atoms with Gasteiger partial charge in [0.2, 0.25) is 0 Å². The number of rotatable bonds is 6. The quantitative estimate of drug-likeness (QED) is 0.845. The summed E-state index contributed by atoms with van der Waals surface area (Å²) in [6, 6.07) is 0.207. The third-order valence-corrected chi connectivity index (χ3v) is 4.12. The molecule has 0 saturated heterocycles. The normalized spacial score (nSPS) is 16.4. The highest BCUT2D eigenvalue weighted by Gasteiger charge is 2.26. The minimum atomic E-state index is -0.102. The molecular weight excluding hydrogens is 264 g/mol. The zero-order chi connectivity index (χ0) is 15.4. The molecule has 1 unspecified atom stereocenters.